The Morgan fingerprint density at radius 3 is 2.81 bits per heavy atom. The molecule has 1 unspecified atom stereocenters. The number of aliphatic hydroxyl groups excluding tert-OH is 1. The summed E-state index contributed by atoms with van der Waals surface area (Å²) in [6.45, 7) is 2.69. The van der Waals surface area contributed by atoms with Crippen LogP contribution in [0.2, 0.25) is 0 Å². The smallest absolute Gasteiger partial charge is 0.269 e. The molecule has 2 aromatic rings. The number of aliphatic hydroxyl groups is 1. The quantitative estimate of drug-likeness (QED) is 0.638. The van der Waals surface area contributed by atoms with Crippen LogP contribution in [0.3, 0.4) is 0 Å². The monoisotopic (exact) mass is 356 g/mol. The van der Waals surface area contributed by atoms with E-state index in [1.54, 1.807) is 0 Å². The van der Waals surface area contributed by atoms with Gasteiger partial charge >= 0.3 is 0 Å². The number of nitrogen functional groups attached to an aromatic ring is 1. The molecule has 3 rings (SSSR count). The molecule has 1 aliphatic heterocycles. The average molecular weight is 356 g/mol. The molecule has 1 amide bonds. The minimum Gasteiger partial charge on any atom is -0.392 e. The lowest BCUT2D eigenvalue weighted by Gasteiger charge is -2.30. The number of pyridine rings is 1. The van der Waals surface area contributed by atoms with E-state index in [1.165, 1.54) is 29.5 Å². The van der Waals surface area contributed by atoms with Crippen molar-refractivity contribution in [1.29, 1.82) is 0 Å². The Hall–Kier alpha value is -2.64. The zero-order valence-electron chi connectivity index (χ0n) is 14.6. The van der Waals surface area contributed by atoms with Gasteiger partial charge in [-0.3, -0.25) is 14.5 Å². The number of carbonyl (C=O) groups is 1. The third-order valence-corrected chi connectivity index (χ3v) is 4.65. The Morgan fingerprint density at radius 2 is 2.04 bits per heavy atom. The Bertz CT molecular complexity index is 834. The molecule has 2 heterocycles. The van der Waals surface area contributed by atoms with Crippen molar-refractivity contribution in [3.05, 3.63) is 69.6 Å². The Labute approximate surface area is 152 Å². The van der Waals surface area contributed by atoms with Crippen LogP contribution in [0.25, 0.3) is 0 Å². The van der Waals surface area contributed by atoms with E-state index in [1.807, 2.05) is 6.07 Å². The van der Waals surface area contributed by atoms with Gasteiger partial charge < -0.3 is 16.3 Å². The first kappa shape index (κ1) is 18.2. The molecule has 7 heteroatoms. The highest BCUT2D eigenvalue weighted by atomic mass is 16.3. The average Bonchev–Trinajstić information content (AvgIpc) is 2.63. The number of hydrogen-bond acceptors (Lipinski definition) is 5. The van der Waals surface area contributed by atoms with Crippen molar-refractivity contribution >= 4 is 5.91 Å². The van der Waals surface area contributed by atoms with Gasteiger partial charge in [-0.05, 0) is 30.0 Å². The summed E-state index contributed by atoms with van der Waals surface area (Å²) in [4.78, 5) is 25.7. The molecule has 0 aliphatic carbocycles. The molecular weight excluding hydrogens is 332 g/mol. The van der Waals surface area contributed by atoms with Gasteiger partial charge in [0, 0.05) is 44.0 Å². The Kier molecular flexibility index (Phi) is 5.70. The highest BCUT2D eigenvalue weighted by Gasteiger charge is 2.18. The number of aromatic nitrogens is 1. The molecule has 4 N–H and O–H groups in total. The summed E-state index contributed by atoms with van der Waals surface area (Å²) >= 11 is 0. The van der Waals surface area contributed by atoms with E-state index < -0.39 is 11.7 Å². The number of fused-ring (bicyclic) bond motifs is 1. The van der Waals surface area contributed by atoms with Gasteiger partial charge in [-0.2, -0.15) is 0 Å². The van der Waals surface area contributed by atoms with Crippen LogP contribution >= 0.6 is 0 Å². The van der Waals surface area contributed by atoms with Crippen LogP contribution in [0.1, 0.15) is 27.9 Å². The van der Waals surface area contributed by atoms with Crippen LogP contribution in [-0.2, 0) is 13.0 Å². The number of nitrogens with one attached hydrogen (secondary N) is 1. The molecular formula is C19H24N4O3. The highest BCUT2D eigenvalue weighted by Crippen LogP contribution is 2.18. The molecule has 138 valence electrons. The Balaban J connectivity index is 1.43. The van der Waals surface area contributed by atoms with Crippen molar-refractivity contribution < 1.29 is 9.90 Å². The first-order valence-corrected chi connectivity index (χ1v) is 8.76. The van der Waals surface area contributed by atoms with Crippen LogP contribution in [0.15, 0.2) is 47.4 Å². The lowest BCUT2D eigenvalue weighted by Crippen LogP contribution is -2.38. The van der Waals surface area contributed by atoms with Gasteiger partial charge in [-0.15, -0.1) is 0 Å². The number of β-amino-alcohol motifs (C(OH)–C–C–N with tert-alkyl or cyclic N) is 1. The van der Waals surface area contributed by atoms with Crippen LogP contribution in [-0.4, -0.2) is 46.3 Å². The van der Waals surface area contributed by atoms with Gasteiger partial charge in [0.2, 0.25) is 0 Å². The van der Waals surface area contributed by atoms with Gasteiger partial charge in [-0.1, -0.05) is 24.3 Å². The molecule has 1 aliphatic rings. The second-order valence-electron chi connectivity index (χ2n) is 6.61. The summed E-state index contributed by atoms with van der Waals surface area (Å²) < 4.78 is 0.914. The van der Waals surface area contributed by atoms with Crippen molar-refractivity contribution in [3.63, 3.8) is 0 Å². The van der Waals surface area contributed by atoms with Crippen molar-refractivity contribution in [2.75, 3.05) is 25.5 Å². The van der Waals surface area contributed by atoms with Crippen LogP contribution < -0.4 is 16.7 Å². The first-order chi connectivity index (χ1) is 12.5. The predicted octanol–water partition coefficient (Wildman–Crippen LogP) is 0.101. The van der Waals surface area contributed by atoms with E-state index in [-0.39, 0.29) is 11.5 Å². The van der Waals surface area contributed by atoms with Crippen molar-refractivity contribution in [1.82, 2.24) is 14.9 Å². The van der Waals surface area contributed by atoms with Crippen LogP contribution in [0, 0.1) is 0 Å². The minimum absolute atomic E-state index is 0.263. The maximum absolute atomic E-state index is 12.0. The molecule has 26 heavy (non-hydrogen) atoms. The SMILES string of the molecule is Nn1ccc(C(=O)NCCC(O)CN2CCc3ccccc3C2)cc1=O. The van der Waals surface area contributed by atoms with Gasteiger partial charge in [0.05, 0.1) is 6.10 Å². The second-order valence-corrected chi connectivity index (χ2v) is 6.61. The number of carbonyl (C=O) groups excluding carboxylic acids is 1. The number of nitrogens with two attached hydrogens (primary N) is 1. The summed E-state index contributed by atoms with van der Waals surface area (Å²) in [7, 11) is 0. The lowest BCUT2D eigenvalue weighted by atomic mass is 9.99. The largest absolute Gasteiger partial charge is 0.392 e. The molecule has 0 spiro atoms. The van der Waals surface area contributed by atoms with Crippen molar-refractivity contribution in [2.45, 2.75) is 25.5 Å². The molecule has 0 saturated carbocycles. The molecule has 0 saturated heterocycles. The normalized spacial score (nSPS) is 15.3. The third-order valence-electron chi connectivity index (χ3n) is 4.65. The van der Waals surface area contributed by atoms with Gasteiger partial charge in [0.15, 0.2) is 0 Å². The highest BCUT2D eigenvalue weighted by molar-refractivity contribution is 5.93. The maximum Gasteiger partial charge on any atom is 0.269 e. The standard InChI is InChI=1S/C19H24N4O3/c20-23-10-7-15(11-18(23)25)19(26)21-8-5-17(24)13-22-9-6-14-3-1-2-4-16(14)12-22/h1-4,7,10-11,17,24H,5-6,8-9,12-13,20H2,(H,21,26). The van der Waals surface area contributed by atoms with E-state index in [0.717, 1.165) is 24.2 Å². The molecule has 0 radical (unpaired) electrons. The molecule has 1 aromatic carbocycles. The molecule has 1 aromatic heterocycles. The fourth-order valence-corrected chi connectivity index (χ4v) is 3.18. The van der Waals surface area contributed by atoms with Crippen LogP contribution in [0.5, 0.6) is 0 Å². The maximum atomic E-state index is 12.0. The summed E-state index contributed by atoms with van der Waals surface area (Å²) in [5.74, 6) is 5.04. The fraction of sp³-hybridized carbons (Fsp3) is 0.368. The van der Waals surface area contributed by atoms with Crippen LogP contribution in [0.4, 0.5) is 0 Å². The second kappa shape index (κ2) is 8.16. The summed E-state index contributed by atoms with van der Waals surface area (Å²) in [5.41, 5.74) is 2.51. The van der Waals surface area contributed by atoms with E-state index in [9.17, 15) is 14.7 Å². The number of hydrogen-bond donors (Lipinski definition) is 3. The first-order valence-electron chi connectivity index (χ1n) is 8.76. The zero-order chi connectivity index (χ0) is 18.5. The van der Waals surface area contributed by atoms with Crippen molar-refractivity contribution in [2.24, 2.45) is 0 Å². The minimum atomic E-state index is -0.516. The number of nitrogens with zero attached hydrogens (tertiary/aromatic N) is 2. The number of rotatable bonds is 6. The summed E-state index contributed by atoms with van der Waals surface area (Å²) in [6, 6.07) is 11.1. The molecule has 0 fully saturated rings. The Morgan fingerprint density at radius 1 is 1.27 bits per heavy atom. The van der Waals surface area contributed by atoms with Crippen molar-refractivity contribution in [3.8, 4) is 0 Å². The van der Waals surface area contributed by atoms with Gasteiger partial charge in [-0.25, -0.2) is 4.68 Å². The fourth-order valence-electron chi connectivity index (χ4n) is 3.18. The summed E-state index contributed by atoms with van der Waals surface area (Å²) in [6.07, 6.45) is 2.28. The summed E-state index contributed by atoms with van der Waals surface area (Å²) in [5, 5.41) is 13.0. The van der Waals surface area contributed by atoms with E-state index in [0.29, 0.717) is 19.5 Å². The predicted molar refractivity (Wildman–Crippen MR) is 99.2 cm³/mol. The van der Waals surface area contributed by atoms with Gasteiger partial charge in [0.25, 0.3) is 11.5 Å². The number of amides is 1. The molecule has 1 atom stereocenters. The zero-order valence-corrected chi connectivity index (χ0v) is 14.6. The van der Waals surface area contributed by atoms with Gasteiger partial charge in [0.1, 0.15) is 0 Å². The lowest BCUT2D eigenvalue weighted by molar-refractivity contribution is 0.0892. The van der Waals surface area contributed by atoms with E-state index in [4.69, 9.17) is 5.84 Å². The van der Waals surface area contributed by atoms with E-state index >= 15 is 0 Å². The molecule has 7 nitrogen and oxygen atoms in total. The third kappa shape index (κ3) is 4.50. The topological polar surface area (TPSA) is 101 Å². The van der Waals surface area contributed by atoms with E-state index in [2.05, 4.69) is 28.4 Å². The number of benzene rings is 1. The molecule has 0 bridgehead atoms.